The van der Waals surface area contributed by atoms with Gasteiger partial charge in [-0.25, -0.2) is 0 Å². The molecule has 0 bridgehead atoms. The molecule has 1 fully saturated rings. The van der Waals surface area contributed by atoms with Crippen molar-refractivity contribution in [3.63, 3.8) is 0 Å². The first-order valence-electron chi connectivity index (χ1n) is 5.20. The van der Waals surface area contributed by atoms with Gasteiger partial charge in [-0.1, -0.05) is 5.16 Å². The number of alkyl halides is 3. The fraction of sp³-hybridized carbons (Fsp3) is 0.600. The normalized spacial score (nSPS) is 20.9. The van der Waals surface area contributed by atoms with Crippen LogP contribution in [-0.4, -0.2) is 28.7 Å². The van der Waals surface area contributed by atoms with Crippen LogP contribution in [0.25, 0.3) is 0 Å². The number of nitrogens with zero attached hydrogens (tertiary/aromatic N) is 2. The molecule has 7 heteroatoms. The van der Waals surface area contributed by atoms with Crippen LogP contribution in [0, 0.1) is 6.92 Å². The molecule has 1 aromatic heterocycles. The molecule has 1 amide bonds. The number of carbonyl (C=O) groups is 1. The van der Waals surface area contributed by atoms with Gasteiger partial charge in [-0.15, -0.1) is 0 Å². The van der Waals surface area contributed by atoms with E-state index in [4.69, 9.17) is 4.52 Å². The van der Waals surface area contributed by atoms with Crippen molar-refractivity contribution in [2.75, 3.05) is 6.54 Å². The summed E-state index contributed by atoms with van der Waals surface area (Å²) >= 11 is 0. The molecule has 2 heterocycles. The van der Waals surface area contributed by atoms with Crippen LogP contribution in [0.2, 0.25) is 0 Å². The SMILES string of the molecule is Cc1cc(C2CCCN2C(=O)C(F)(F)F)on1. The number of aromatic nitrogens is 1. The maximum absolute atomic E-state index is 12.4. The van der Waals surface area contributed by atoms with Gasteiger partial charge >= 0.3 is 12.1 Å². The quantitative estimate of drug-likeness (QED) is 0.765. The predicted octanol–water partition coefficient (Wildman–Crippen LogP) is 2.21. The van der Waals surface area contributed by atoms with E-state index in [1.165, 1.54) is 0 Å². The van der Waals surface area contributed by atoms with Gasteiger partial charge in [0.1, 0.15) is 0 Å². The van der Waals surface area contributed by atoms with Crippen molar-refractivity contribution in [3.8, 4) is 0 Å². The zero-order chi connectivity index (χ0) is 12.6. The second kappa shape index (κ2) is 4.05. The smallest absolute Gasteiger partial charge is 0.359 e. The Kier molecular flexibility index (Phi) is 2.84. The molecular weight excluding hydrogens is 237 g/mol. The highest BCUT2D eigenvalue weighted by Crippen LogP contribution is 2.35. The number of likely N-dealkylation sites (tertiary alicyclic amines) is 1. The minimum absolute atomic E-state index is 0.1000. The van der Waals surface area contributed by atoms with Gasteiger partial charge in [0.05, 0.1) is 11.7 Å². The highest BCUT2D eigenvalue weighted by molar-refractivity contribution is 5.82. The topological polar surface area (TPSA) is 46.3 Å². The van der Waals surface area contributed by atoms with Crippen molar-refractivity contribution < 1.29 is 22.5 Å². The molecule has 1 aliphatic heterocycles. The molecule has 1 saturated heterocycles. The number of carbonyl (C=O) groups excluding carboxylic acids is 1. The van der Waals surface area contributed by atoms with Gasteiger partial charge in [0.2, 0.25) is 0 Å². The molecule has 94 valence electrons. The van der Waals surface area contributed by atoms with Crippen LogP contribution in [0.1, 0.15) is 30.3 Å². The summed E-state index contributed by atoms with van der Waals surface area (Å²) in [5.74, 6) is -1.49. The van der Waals surface area contributed by atoms with E-state index in [1.807, 2.05) is 0 Å². The summed E-state index contributed by atoms with van der Waals surface area (Å²) in [7, 11) is 0. The molecule has 17 heavy (non-hydrogen) atoms. The zero-order valence-electron chi connectivity index (χ0n) is 9.12. The lowest BCUT2D eigenvalue weighted by Gasteiger charge is -2.23. The lowest BCUT2D eigenvalue weighted by atomic mass is 10.1. The van der Waals surface area contributed by atoms with Crippen molar-refractivity contribution in [2.45, 2.75) is 32.0 Å². The summed E-state index contributed by atoms with van der Waals surface area (Å²) in [4.78, 5) is 12.0. The molecule has 4 nitrogen and oxygen atoms in total. The highest BCUT2D eigenvalue weighted by atomic mass is 19.4. The summed E-state index contributed by atoms with van der Waals surface area (Å²) in [6.45, 7) is 1.78. The van der Waals surface area contributed by atoms with Crippen molar-refractivity contribution in [1.82, 2.24) is 10.1 Å². The molecule has 0 aromatic carbocycles. The Morgan fingerprint density at radius 3 is 2.82 bits per heavy atom. The van der Waals surface area contributed by atoms with E-state index in [9.17, 15) is 18.0 Å². The molecule has 1 unspecified atom stereocenters. The Morgan fingerprint density at radius 1 is 1.59 bits per heavy atom. The largest absolute Gasteiger partial charge is 0.471 e. The highest BCUT2D eigenvalue weighted by Gasteiger charge is 2.47. The van der Waals surface area contributed by atoms with E-state index >= 15 is 0 Å². The average molecular weight is 248 g/mol. The maximum Gasteiger partial charge on any atom is 0.471 e. The molecule has 0 spiro atoms. The van der Waals surface area contributed by atoms with Crippen molar-refractivity contribution in [3.05, 3.63) is 17.5 Å². The first-order valence-corrected chi connectivity index (χ1v) is 5.20. The van der Waals surface area contributed by atoms with E-state index in [-0.39, 0.29) is 6.54 Å². The van der Waals surface area contributed by atoms with Gasteiger partial charge in [-0.3, -0.25) is 4.79 Å². The van der Waals surface area contributed by atoms with E-state index in [1.54, 1.807) is 13.0 Å². The number of halogens is 3. The molecule has 2 rings (SSSR count). The minimum atomic E-state index is -4.84. The second-order valence-corrected chi connectivity index (χ2v) is 4.02. The molecular formula is C10H11F3N2O2. The fourth-order valence-electron chi connectivity index (χ4n) is 2.01. The Hall–Kier alpha value is -1.53. The lowest BCUT2D eigenvalue weighted by molar-refractivity contribution is -0.186. The molecule has 0 saturated carbocycles. The third-order valence-corrected chi connectivity index (χ3v) is 2.73. The molecule has 1 atom stereocenters. The van der Waals surface area contributed by atoms with Gasteiger partial charge in [0.15, 0.2) is 5.76 Å². The number of amides is 1. The fourth-order valence-corrected chi connectivity index (χ4v) is 2.01. The number of aryl methyl sites for hydroxylation is 1. The molecule has 0 radical (unpaired) electrons. The first-order chi connectivity index (χ1) is 7.89. The van der Waals surface area contributed by atoms with Gasteiger partial charge < -0.3 is 9.42 Å². The van der Waals surface area contributed by atoms with E-state index in [0.29, 0.717) is 24.3 Å². The van der Waals surface area contributed by atoms with Crippen LogP contribution in [0.3, 0.4) is 0 Å². The Morgan fingerprint density at radius 2 is 2.29 bits per heavy atom. The van der Waals surface area contributed by atoms with E-state index < -0.39 is 18.1 Å². The Bertz CT molecular complexity index is 427. The van der Waals surface area contributed by atoms with E-state index in [2.05, 4.69) is 5.16 Å². The minimum Gasteiger partial charge on any atom is -0.359 e. The van der Waals surface area contributed by atoms with Gasteiger partial charge in [-0.05, 0) is 19.8 Å². The van der Waals surface area contributed by atoms with Crippen LogP contribution in [0.15, 0.2) is 10.6 Å². The zero-order valence-corrected chi connectivity index (χ0v) is 9.12. The summed E-state index contributed by atoms with van der Waals surface area (Å²) in [5, 5.41) is 3.62. The molecule has 1 aliphatic rings. The Balaban J connectivity index is 2.21. The van der Waals surface area contributed by atoms with Crippen molar-refractivity contribution in [2.24, 2.45) is 0 Å². The Labute approximate surface area is 95.4 Å². The summed E-state index contributed by atoms with van der Waals surface area (Å²) in [5.41, 5.74) is 0.589. The van der Waals surface area contributed by atoms with E-state index in [0.717, 1.165) is 4.90 Å². The lowest BCUT2D eigenvalue weighted by Crippen LogP contribution is -2.40. The number of hydrogen-bond acceptors (Lipinski definition) is 3. The molecule has 0 aliphatic carbocycles. The molecule has 1 aromatic rings. The van der Waals surface area contributed by atoms with Crippen LogP contribution in [0.5, 0.6) is 0 Å². The standard InChI is InChI=1S/C10H11F3N2O2/c1-6-5-8(17-14-6)7-3-2-4-15(7)9(16)10(11,12)13/h5,7H,2-4H2,1H3. The predicted molar refractivity (Wildman–Crippen MR) is 51.0 cm³/mol. The van der Waals surface area contributed by atoms with Gasteiger partial charge in [0, 0.05) is 12.6 Å². The maximum atomic E-state index is 12.4. The summed E-state index contributed by atoms with van der Waals surface area (Å²) in [6, 6.07) is 0.914. The summed E-state index contributed by atoms with van der Waals surface area (Å²) < 4.78 is 42.0. The third-order valence-electron chi connectivity index (χ3n) is 2.73. The number of hydrogen-bond donors (Lipinski definition) is 0. The first kappa shape index (κ1) is 11.9. The van der Waals surface area contributed by atoms with Crippen LogP contribution in [-0.2, 0) is 4.79 Å². The van der Waals surface area contributed by atoms with Crippen LogP contribution in [0.4, 0.5) is 13.2 Å². The van der Waals surface area contributed by atoms with Crippen molar-refractivity contribution in [1.29, 1.82) is 0 Å². The molecule has 0 N–H and O–H groups in total. The second-order valence-electron chi connectivity index (χ2n) is 4.02. The summed E-state index contributed by atoms with van der Waals surface area (Å²) in [6.07, 6.45) is -3.83. The van der Waals surface area contributed by atoms with Gasteiger partial charge in [0.25, 0.3) is 0 Å². The van der Waals surface area contributed by atoms with Crippen molar-refractivity contribution >= 4 is 5.91 Å². The average Bonchev–Trinajstić information content (AvgIpc) is 2.82. The van der Waals surface area contributed by atoms with Crippen LogP contribution >= 0.6 is 0 Å². The third kappa shape index (κ3) is 2.27. The number of rotatable bonds is 1. The van der Waals surface area contributed by atoms with Crippen LogP contribution < -0.4 is 0 Å². The monoisotopic (exact) mass is 248 g/mol. The van der Waals surface area contributed by atoms with Gasteiger partial charge in [-0.2, -0.15) is 13.2 Å².